The van der Waals surface area contributed by atoms with Crippen molar-refractivity contribution < 1.29 is 27.4 Å². The van der Waals surface area contributed by atoms with Crippen LogP contribution in [0.25, 0.3) is 0 Å². The standard InChI is InChI=1S/C21H31F3O3/c1-2-26-20(25)18-12-14-19(15-13-18)27-17-11-9-7-5-3-4-6-8-10-16-21(22,23)24/h12-15H,2-11,16-17H2,1H3. The van der Waals surface area contributed by atoms with E-state index in [-0.39, 0.29) is 12.4 Å². The van der Waals surface area contributed by atoms with Crippen LogP contribution in [0.1, 0.15) is 81.5 Å². The van der Waals surface area contributed by atoms with Crippen molar-refractivity contribution in [3.05, 3.63) is 29.8 Å². The van der Waals surface area contributed by atoms with Gasteiger partial charge in [-0.3, -0.25) is 0 Å². The first-order valence-corrected chi connectivity index (χ1v) is 9.89. The maximum atomic E-state index is 12.0. The molecule has 0 unspecified atom stereocenters. The highest BCUT2D eigenvalue weighted by Gasteiger charge is 2.25. The van der Waals surface area contributed by atoms with E-state index in [1.807, 2.05) is 0 Å². The van der Waals surface area contributed by atoms with E-state index in [1.54, 1.807) is 31.2 Å². The second-order valence-corrected chi connectivity index (χ2v) is 6.64. The predicted molar refractivity (Wildman–Crippen MR) is 100 cm³/mol. The molecule has 0 heterocycles. The lowest BCUT2D eigenvalue weighted by Crippen LogP contribution is -2.06. The topological polar surface area (TPSA) is 35.5 Å². The third kappa shape index (κ3) is 12.3. The largest absolute Gasteiger partial charge is 0.494 e. The Morgan fingerprint density at radius 3 is 1.89 bits per heavy atom. The van der Waals surface area contributed by atoms with Crippen molar-refractivity contribution in [3.63, 3.8) is 0 Å². The van der Waals surface area contributed by atoms with Crippen LogP contribution in [0.2, 0.25) is 0 Å². The number of hydrogen-bond acceptors (Lipinski definition) is 3. The number of ether oxygens (including phenoxy) is 2. The zero-order valence-electron chi connectivity index (χ0n) is 16.2. The van der Waals surface area contributed by atoms with Gasteiger partial charge < -0.3 is 9.47 Å². The van der Waals surface area contributed by atoms with Crippen molar-refractivity contribution in [3.8, 4) is 5.75 Å². The lowest BCUT2D eigenvalue weighted by Gasteiger charge is -2.07. The number of carbonyl (C=O) groups is 1. The summed E-state index contributed by atoms with van der Waals surface area (Å²) in [5.74, 6) is 0.409. The summed E-state index contributed by atoms with van der Waals surface area (Å²) in [5.41, 5.74) is 0.516. The molecular formula is C21H31F3O3. The van der Waals surface area contributed by atoms with Crippen molar-refractivity contribution in [1.29, 1.82) is 0 Å². The van der Waals surface area contributed by atoms with Crippen LogP contribution in [0.5, 0.6) is 5.75 Å². The van der Waals surface area contributed by atoms with Gasteiger partial charge >= 0.3 is 12.1 Å². The summed E-state index contributed by atoms with van der Waals surface area (Å²) in [6.45, 7) is 2.76. The minimum Gasteiger partial charge on any atom is -0.494 e. The molecule has 0 fully saturated rings. The Labute approximate surface area is 160 Å². The molecule has 27 heavy (non-hydrogen) atoms. The molecule has 0 spiro atoms. The molecule has 0 bridgehead atoms. The van der Waals surface area contributed by atoms with Crippen LogP contribution in [0, 0.1) is 0 Å². The molecule has 1 aromatic carbocycles. The fourth-order valence-electron chi connectivity index (χ4n) is 2.76. The minimum absolute atomic E-state index is 0.252. The van der Waals surface area contributed by atoms with Crippen LogP contribution < -0.4 is 4.74 Å². The van der Waals surface area contributed by atoms with Crippen LogP contribution in [-0.2, 0) is 4.74 Å². The average molecular weight is 388 g/mol. The van der Waals surface area contributed by atoms with Gasteiger partial charge in [0.15, 0.2) is 0 Å². The van der Waals surface area contributed by atoms with Crippen molar-refractivity contribution in [2.45, 2.75) is 77.3 Å². The highest BCUT2D eigenvalue weighted by molar-refractivity contribution is 5.89. The van der Waals surface area contributed by atoms with E-state index in [0.717, 1.165) is 50.7 Å². The molecule has 0 amide bonds. The highest BCUT2D eigenvalue weighted by Crippen LogP contribution is 2.23. The van der Waals surface area contributed by atoms with Crippen molar-refractivity contribution in [1.82, 2.24) is 0 Å². The van der Waals surface area contributed by atoms with E-state index >= 15 is 0 Å². The number of halogens is 3. The van der Waals surface area contributed by atoms with Gasteiger partial charge in [0.25, 0.3) is 0 Å². The molecule has 0 saturated carbocycles. The number of benzene rings is 1. The summed E-state index contributed by atoms with van der Waals surface area (Å²) in [5, 5.41) is 0. The highest BCUT2D eigenvalue weighted by atomic mass is 19.4. The zero-order chi connectivity index (χ0) is 20.0. The van der Waals surface area contributed by atoms with Crippen LogP contribution in [-0.4, -0.2) is 25.4 Å². The Hall–Kier alpha value is -1.72. The molecule has 0 aromatic heterocycles. The summed E-state index contributed by atoms with van der Waals surface area (Å²) in [7, 11) is 0. The molecule has 6 heteroatoms. The summed E-state index contributed by atoms with van der Waals surface area (Å²) >= 11 is 0. The number of alkyl halides is 3. The Bertz CT molecular complexity index is 512. The van der Waals surface area contributed by atoms with E-state index in [2.05, 4.69) is 0 Å². The molecule has 0 aliphatic rings. The first kappa shape index (κ1) is 23.3. The molecule has 1 aromatic rings. The van der Waals surface area contributed by atoms with Crippen LogP contribution in [0.15, 0.2) is 24.3 Å². The number of carbonyl (C=O) groups excluding carboxylic acids is 1. The summed E-state index contributed by atoms with van der Waals surface area (Å²) < 4.78 is 46.6. The maximum Gasteiger partial charge on any atom is 0.389 e. The Balaban J connectivity index is 1.95. The van der Waals surface area contributed by atoms with Crippen molar-refractivity contribution in [2.75, 3.05) is 13.2 Å². The normalized spacial score (nSPS) is 11.4. The monoisotopic (exact) mass is 388 g/mol. The minimum atomic E-state index is -4.01. The molecule has 0 atom stereocenters. The van der Waals surface area contributed by atoms with E-state index in [0.29, 0.717) is 25.2 Å². The van der Waals surface area contributed by atoms with E-state index < -0.39 is 12.6 Å². The molecule has 0 radical (unpaired) electrons. The van der Waals surface area contributed by atoms with Crippen molar-refractivity contribution in [2.24, 2.45) is 0 Å². The first-order chi connectivity index (χ1) is 12.9. The zero-order valence-corrected chi connectivity index (χ0v) is 16.2. The Morgan fingerprint density at radius 1 is 0.852 bits per heavy atom. The molecule has 154 valence electrons. The molecule has 0 aliphatic carbocycles. The third-order valence-electron chi connectivity index (χ3n) is 4.24. The molecule has 1 rings (SSSR count). The average Bonchev–Trinajstić information content (AvgIpc) is 2.62. The van der Waals surface area contributed by atoms with Gasteiger partial charge in [0.2, 0.25) is 0 Å². The van der Waals surface area contributed by atoms with Gasteiger partial charge in [0.05, 0.1) is 18.8 Å². The lowest BCUT2D eigenvalue weighted by atomic mass is 10.1. The summed E-state index contributed by atoms with van der Waals surface area (Å²) in [4.78, 5) is 11.5. The second-order valence-electron chi connectivity index (χ2n) is 6.64. The van der Waals surface area contributed by atoms with Gasteiger partial charge in [0.1, 0.15) is 5.75 Å². The van der Waals surface area contributed by atoms with Crippen LogP contribution in [0.4, 0.5) is 13.2 Å². The van der Waals surface area contributed by atoms with Crippen LogP contribution >= 0.6 is 0 Å². The van der Waals surface area contributed by atoms with Gasteiger partial charge in [-0.1, -0.05) is 44.9 Å². The molecule has 0 saturated heterocycles. The third-order valence-corrected chi connectivity index (χ3v) is 4.24. The van der Waals surface area contributed by atoms with E-state index in [9.17, 15) is 18.0 Å². The first-order valence-electron chi connectivity index (χ1n) is 9.89. The van der Waals surface area contributed by atoms with Gasteiger partial charge in [-0.05, 0) is 44.0 Å². The quantitative estimate of drug-likeness (QED) is 0.263. The van der Waals surface area contributed by atoms with Crippen molar-refractivity contribution >= 4 is 5.97 Å². The SMILES string of the molecule is CCOC(=O)c1ccc(OCCCCCCCCCCCC(F)(F)F)cc1. The van der Waals surface area contributed by atoms with Gasteiger partial charge in [-0.15, -0.1) is 0 Å². The maximum absolute atomic E-state index is 12.0. The fraction of sp³-hybridized carbons (Fsp3) is 0.667. The number of rotatable bonds is 14. The Kier molecular flexibility index (Phi) is 11.6. The number of esters is 1. The van der Waals surface area contributed by atoms with Gasteiger partial charge in [0, 0.05) is 6.42 Å². The number of unbranched alkanes of at least 4 members (excludes halogenated alkanes) is 8. The second kappa shape index (κ2) is 13.4. The molecular weight excluding hydrogens is 357 g/mol. The lowest BCUT2D eigenvalue weighted by molar-refractivity contribution is -0.135. The van der Waals surface area contributed by atoms with Crippen LogP contribution in [0.3, 0.4) is 0 Å². The predicted octanol–water partition coefficient (Wildman–Crippen LogP) is 6.71. The van der Waals surface area contributed by atoms with Gasteiger partial charge in [-0.2, -0.15) is 13.2 Å². The van der Waals surface area contributed by atoms with E-state index in [1.165, 1.54) is 0 Å². The summed E-state index contributed by atoms with van der Waals surface area (Å²) in [6.07, 6.45) is 3.53. The molecule has 0 N–H and O–H groups in total. The Morgan fingerprint density at radius 2 is 1.37 bits per heavy atom. The fourth-order valence-corrected chi connectivity index (χ4v) is 2.76. The molecule has 3 nitrogen and oxygen atoms in total. The van der Waals surface area contributed by atoms with E-state index in [4.69, 9.17) is 9.47 Å². The smallest absolute Gasteiger partial charge is 0.389 e. The van der Waals surface area contributed by atoms with Gasteiger partial charge in [-0.25, -0.2) is 4.79 Å². The molecule has 0 aliphatic heterocycles. The number of hydrogen-bond donors (Lipinski definition) is 0. The summed E-state index contributed by atoms with van der Waals surface area (Å²) in [6, 6.07) is 6.93.